The van der Waals surface area contributed by atoms with Crippen molar-refractivity contribution in [2.75, 3.05) is 13.7 Å². The summed E-state index contributed by atoms with van der Waals surface area (Å²) in [4.78, 5) is 13.1. The van der Waals surface area contributed by atoms with Crippen LogP contribution in [-0.2, 0) is 13.1 Å². The molecule has 0 amide bonds. The smallest absolute Gasteiger partial charge is 0.270 e. The Labute approximate surface area is 168 Å². The van der Waals surface area contributed by atoms with Crippen LogP contribution in [0, 0.1) is 15.9 Å². The summed E-state index contributed by atoms with van der Waals surface area (Å²) in [6.07, 6.45) is 3.00. The second-order valence-corrected chi connectivity index (χ2v) is 7.16. The molecule has 0 saturated carbocycles. The standard InChI is InChI=1S/C22H22FN3O3/c1-29-21-10-9-19(26(27)28)14-17(21)15-25-13-3-12-24-11-2-4-20(24)22(25)16-5-7-18(23)8-6-16/h2,4-11,14,22H,3,12-13,15H2,1H3/t22-/m0/s1. The van der Waals surface area contributed by atoms with Gasteiger partial charge < -0.3 is 9.30 Å². The molecule has 1 aliphatic heterocycles. The molecule has 0 saturated heterocycles. The van der Waals surface area contributed by atoms with Gasteiger partial charge >= 0.3 is 0 Å². The Hall–Kier alpha value is -3.19. The van der Waals surface area contributed by atoms with E-state index in [1.807, 2.05) is 6.07 Å². The van der Waals surface area contributed by atoms with Gasteiger partial charge in [0.05, 0.1) is 18.1 Å². The fourth-order valence-electron chi connectivity index (χ4n) is 4.06. The Balaban J connectivity index is 1.76. The van der Waals surface area contributed by atoms with Gasteiger partial charge in [-0.3, -0.25) is 15.0 Å². The summed E-state index contributed by atoms with van der Waals surface area (Å²) in [5.74, 6) is 0.345. The highest BCUT2D eigenvalue weighted by Gasteiger charge is 2.28. The third-order valence-corrected chi connectivity index (χ3v) is 5.39. The summed E-state index contributed by atoms with van der Waals surface area (Å²) in [5.41, 5.74) is 2.90. The van der Waals surface area contributed by atoms with E-state index in [1.165, 1.54) is 18.2 Å². The van der Waals surface area contributed by atoms with E-state index in [2.05, 4.69) is 21.7 Å². The number of fused-ring (bicyclic) bond motifs is 1. The fourth-order valence-corrected chi connectivity index (χ4v) is 4.06. The van der Waals surface area contributed by atoms with Crippen molar-refractivity contribution in [2.24, 2.45) is 0 Å². The number of halogens is 1. The maximum absolute atomic E-state index is 13.5. The van der Waals surface area contributed by atoms with Crippen molar-refractivity contribution in [2.45, 2.75) is 25.6 Å². The van der Waals surface area contributed by atoms with Gasteiger partial charge in [-0.15, -0.1) is 0 Å². The zero-order chi connectivity index (χ0) is 20.4. The van der Waals surface area contributed by atoms with Gasteiger partial charge in [-0.25, -0.2) is 4.39 Å². The van der Waals surface area contributed by atoms with Crippen molar-refractivity contribution in [3.8, 4) is 5.75 Å². The average molecular weight is 395 g/mol. The van der Waals surface area contributed by atoms with E-state index in [0.29, 0.717) is 12.3 Å². The Morgan fingerprint density at radius 2 is 1.97 bits per heavy atom. The molecule has 2 heterocycles. The van der Waals surface area contributed by atoms with Crippen LogP contribution >= 0.6 is 0 Å². The first kappa shape index (κ1) is 19.1. The molecule has 0 aliphatic carbocycles. The van der Waals surface area contributed by atoms with Gasteiger partial charge in [-0.05, 0) is 42.3 Å². The molecule has 1 atom stereocenters. The monoisotopic (exact) mass is 395 g/mol. The molecule has 2 aromatic carbocycles. The third-order valence-electron chi connectivity index (χ3n) is 5.39. The number of ether oxygens (including phenoxy) is 1. The van der Waals surface area contributed by atoms with Crippen LogP contribution in [0.4, 0.5) is 10.1 Å². The Morgan fingerprint density at radius 1 is 1.17 bits per heavy atom. The van der Waals surface area contributed by atoms with Crippen molar-refractivity contribution in [1.29, 1.82) is 0 Å². The second kappa shape index (κ2) is 8.05. The number of nitro benzene ring substituents is 1. The zero-order valence-electron chi connectivity index (χ0n) is 16.1. The predicted octanol–water partition coefficient (Wildman–Crippen LogP) is 4.54. The number of non-ortho nitro benzene ring substituents is 1. The molecule has 0 unspecified atom stereocenters. The molecule has 0 fully saturated rings. The molecule has 6 nitrogen and oxygen atoms in total. The first-order valence-electron chi connectivity index (χ1n) is 9.52. The molecule has 150 valence electrons. The number of hydrogen-bond donors (Lipinski definition) is 0. The van der Waals surface area contributed by atoms with Crippen LogP contribution in [-0.4, -0.2) is 28.0 Å². The topological polar surface area (TPSA) is 60.5 Å². The van der Waals surface area contributed by atoms with Crippen molar-refractivity contribution >= 4 is 5.69 Å². The minimum absolute atomic E-state index is 0.0392. The lowest BCUT2D eigenvalue weighted by Crippen LogP contribution is -2.29. The van der Waals surface area contributed by atoms with Crippen molar-refractivity contribution < 1.29 is 14.1 Å². The van der Waals surface area contributed by atoms with Gasteiger partial charge in [0.1, 0.15) is 11.6 Å². The van der Waals surface area contributed by atoms with Gasteiger partial charge in [0.15, 0.2) is 0 Å². The van der Waals surface area contributed by atoms with Crippen molar-refractivity contribution in [3.63, 3.8) is 0 Å². The molecular weight excluding hydrogens is 373 g/mol. The van der Waals surface area contributed by atoms with E-state index in [-0.39, 0.29) is 17.5 Å². The maximum Gasteiger partial charge on any atom is 0.270 e. The lowest BCUT2D eigenvalue weighted by Gasteiger charge is -2.31. The molecule has 29 heavy (non-hydrogen) atoms. The Morgan fingerprint density at radius 3 is 2.69 bits per heavy atom. The van der Waals surface area contributed by atoms with Crippen LogP contribution in [0.15, 0.2) is 60.8 Å². The second-order valence-electron chi connectivity index (χ2n) is 7.16. The first-order chi connectivity index (χ1) is 14.1. The number of rotatable bonds is 5. The van der Waals surface area contributed by atoms with E-state index in [4.69, 9.17) is 4.74 Å². The summed E-state index contributed by atoms with van der Waals surface area (Å²) in [6.45, 7) is 2.18. The molecule has 1 aliphatic rings. The molecule has 0 N–H and O–H groups in total. The van der Waals surface area contributed by atoms with Gasteiger partial charge in [0, 0.05) is 49.2 Å². The molecule has 1 aromatic heterocycles. The third kappa shape index (κ3) is 3.86. The quantitative estimate of drug-likeness (QED) is 0.470. The van der Waals surface area contributed by atoms with Crippen molar-refractivity contribution in [3.05, 3.63) is 93.5 Å². The van der Waals surface area contributed by atoms with Crippen LogP contribution < -0.4 is 4.74 Å². The minimum Gasteiger partial charge on any atom is -0.496 e. The van der Waals surface area contributed by atoms with Crippen LogP contribution in [0.2, 0.25) is 0 Å². The summed E-state index contributed by atoms with van der Waals surface area (Å²) in [6, 6.07) is 15.2. The van der Waals surface area contributed by atoms with Crippen LogP contribution in [0.5, 0.6) is 5.75 Å². The van der Waals surface area contributed by atoms with E-state index < -0.39 is 4.92 Å². The number of aromatic nitrogens is 1. The lowest BCUT2D eigenvalue weighted by atomic mass is 10.0. The molecule has 4 rings (SSSR count). The van der Waals surface area contributed by atoms with Crippen LogP contribution in [0.25, 0.3) is 0 Å². The largest absolute Gasteiger partial charge is 0.496 e. The fraction of sp³-hybridized carbons (Fsp3) is 0.273. The molecule has 7 heteroatoms. The summed E-state index contributed by atoms with van der Waals surface area (Å²) >= 11 is 0. The Bertz CT molecular complexity index is 1020. The minimum atomic E-state index is -0.395. The van der Waals surface area contributed by atoms with E-state index in [0.717, 1.165) is 36.3 Å². The molecule has 3 aromatic rings. The van der Waals surface area contributed by atoms with E-state index in [1.54, 1.807) is 31.4 Å². The highest BCUT2D eigenvalue weighted by molar-refractivity contribution is 5.44. The van der Waals surface area contributed by atoms with E-state index >= 15 is 0 Å². The zero-order valence-corrected chi connectivity index (χ0v) is 16.1. The number of benzene rings is 2. The van der Waals surface area contributed by atoms with Crippen LogP contribution in [0.1, 0.15) is 29.3 Å². The summed E-state index contributed by atoms with van der Waals surface area (Å²) < 4.78 is 21.2. The van der Waals surface area contributed by atoms with E-state index in [9.17, 15) is 14.5 Å². The number of nitro groups is 1. The Kier molecular flexibility index (Phi) is 5.31. The maximum atomic E-state index is 13.5. The summed E-state index contributed by atoms with van der Waals surface area (Å²) in [7, 11) is 1.57. The highest BCUT2D eigenvalue weighted by atomic mass is 19.1. The number of hydrogen-bond acceptors (Lipinski definition) is 4. The van der Waals surface area contributed by atoms with Crippen LogP contribution in [0.3, 0.4) is 0 Å². The van der Waals surface area contributed by atoms with Gasteiger partial charge in [0.2, 0.25) is 0 Å². The number of nitrogens with zero attached hydrogens (tertiary/aromatic N) is 3. The normalized spacial score (nSPS) is 16.8. The predicted molar refractivity (Wildman–Crippen MR) is 107 cm³/mol. The molecule has 0 radical (unpaired) electrons. The highest BCUT2D eigenvalue weighted by Crippen LogP contribution is 2.35. The summed E-state index contributed by atoms with van der Waals surface area (Å²) in [5, 5.41) is 11.3. The van der Waals surface area contributed by atoms with Gasteiger partial charge in [-0.1, -0.05) is 12.1 Å². The molecule has 0 bridgehead atoms. The lowest BCUT2D eigenvalue weighted by molar-refractivity contribution is -0.385. The van der Waals surface area contributed by atoms with Gasteiger partial charge in [-0.2, -0.15) is 0 Å². The number of aryl methyl sites for hydroxylation is 1. The molecular formula is C22H22FN3O3. The average Bonchev–Trinajstić information content (AvgIpc) is 3.10. The van der Waals surface area contributed by atoms with Gasteiger partial charge in [0.25, 0.3) is 5.69 Å². The SMILES string of the molecule is COc1ccc([N+](=O)[O-])cc1CN1CCCn2cccc2[C@@H]1c1ccc(F)cc1. The number of methoxy groups -OCH3 is 1. The van der Waals surface area contributed by atoms with Crippen molar-refractivity contribution in [1.82, 2.24) is 9.47 Å². The molecule has 0 spiro atoms. The first-order valence-corrected chi connectivity index (χ1v) is 9.52.